The number of hydrazine groups is 1. The smallest absolute Gasteiger partial charge is 0.239 e. The molecule has 0 aliphatic heterocycles. The van der Waals surface area contributed by atoms with Crippen LogP contribution in [0.3, 0.4) is 0 Å². The van der Waals surface area contributed by atoms with Crippen molar-refractivity contribution >= 4 is 29.6 Å². The average molecular weight is 358 g/mol. The van der Waals surface area contributed by atoms with E-state index in [0.29, 0.717) is 19.5 Å². The number of hydrogen-bond acceptors (Lipinski definition) is 7. The predicted octanol–water partition coefficient (Wildman–Crippen LogP) is -4.14. The Balaban J connectivity index is 3.75. The molecule has 25 heavy (non-hydrogen) atoms. The number of aliphatic imine (C=N–C) groups is 1. The third-order valence-electron chi connectivity index (χ3n) is 2.75. The molecule has 0 saturated carbocycles. The lowest BCUT2D eigenvalue weighted by Crippen LogP contribution is -2.45. The van der Waals surface area contributed by atoms with E-state index in [9.17, 15) is 14.4 Å². The fraction of sp³-hybridized carbons (Fsp3) is 0.583. The number of carbonyl (C=O) groups is 3. The second kappa shape index (κ2) is 13.4. The van der Waals surface area contributed by atoms with Gasteiger partial charge in [0, 0.05) is 25.9 Å². The molecule has 0 saturated heterocycles. The van der Waals surface area contributed by atoms with Crippen LogP contribution in [0.25, 0.3) is 0 Å². The molecule has 0 rings (SSSR count). The maximum atomic E-state index is 11.6. The second-order valence-corrected chi connectivity index (χ2v) is 4.81. The van der Waals surface area contributed by atoms with Crippen LogP contribution < -0.4 is 44.5 Å². The van der Waals surface area contributed by atoms with Crippen LogP contribution in [-0.4, -0.2) is 49.3 Å². The molecular formula is C12H26N10O3. The van der Waals surface area contributed by atoms with Crippen molar-refractivity contribution in [1.82, 2.24) is 21.4 Å². The summed E-state index contributed by atoms with van der Waals surface area (Å²) in [6, 6.07) is 0. The minimum atomic E-state index is -0.498. The average Bonchev–Trinajstić information content (AvgIpc) is 2.58. The number of amides is 3. The van der Waals surface area contributed by atoms with Crippen LogP contribution in [0.4, 0.5) is 0 Å². The molecule has 13 nitrogen and oxygen atoms in total. The van der Waals surface area contributed by atoms with Crippen LogP contribution in [0, 0.1) is 0 Å². The van der Waals surface area contributed by atoms with E-state index < -0.39 is 11.8 Å². The van der Waals surface area contributed by atoms with Gasteiger partial charge < -0.3 is 27.9 Å². The number of hydrazone groups is 1. The standard InChI is InChI=1S/C12H26N10O3/c13-11(14)18-6-2-1-5-17-10(25)7-19-8(23)3-4-9(24)20-12(21-15)22-16/h1-7,15-16H2,(H,17,25)(H,19,23)(H4,13,14,18)(H2,20,21,22,24). The first-order chi connectivity index (χ1) is 11.9. The van der Waals surface area contributed by atoms with E-state index in [-0.39, 0.29) is 37.2 Å². The van der Waals surface area contributed by atoms with Gasteiger partial charge in [0.05, 0.1) is 6.54 Å². The Kier molecular flexibility index (Phi) is 11.7. The summed E-state index contributed by atoms with van der Waals surface area (Å²) in [6.45, 7) is 0.770. The molecule has 0 radical (unpaired) electrons. The molecular weight excluding hydrogens is 332 g/mol. The van der Waals surface area contributed by atoms with Crippen molar-refractivity contribution < 1.29 is 14.4 Å². The topological polar surface area (TPSA) is 228 Å². The fourth-order valence-electron chi connectivity index (χ4n) is 1.53. The zero-order chi connectivity index (χ0) is 19.1. The van der Waals surface area contributed by atoms with Gasteiger partial charge in [0.2, 0.25) is 23.7 Å². The highest BCUT2D eigenvalue weighted by Crippen LogP contribution is 1.90. The van der Waals surface area contributed by atoms with Crippen molar-refractivity contribution in [3.63, 3.8) is 0 Å². The van der Waals surface area contributed by atoms with Crippen LogP contribution in [0.5, 0.6) is 0 Å². The van der Waals surface area contributed by atoms with Crippen molar-refractivity contribution in [1.29, 1.82) is 0 Å². The summed E-state index contributed by atoms with van der Waals surface area (Å²) in [7, 11) is 0. The number of guanidine groups is 2. The van der Waals surface area contributed by atoms with Gasteiger partial charge in [-0.05, 0) is 12.8 Å². The first kappa shape index (κ1) is 21.9. The van der Waals surface area contributed by atoms with Crippen molar-refractivity contribution in [3.8, 4) is 0 Å². The van der Waals surface area contributed by atoms with Crippen LogP contribution >= 0.6 is 0 Å². The Morgan fingerprint density at radius 2 is 1.60 bits per heavy atom. The van der Waals surface area contributed by atoms with E-state index >= 15 is 0 Å². The fourth-order valence-corrected chi connectivity index (χ4v) is 1.53. The molecule has 142 valence electrons. The number of rotatable bonds is 10. The molecule has 0 heterocycles. The number of nitrogens with one attached hydrogen (secondary N) is 4. The van der Waals surface area contributed by atoms with E-state index in [1.54, 1.807) is 0 Å². The molecule has 12 N–H and O–H groups in total. The first-order valence-corrected chi connectivity index (χ1v) is 7.52. The number of nitrogens with zero attached hydrogens (tertiary/aromatic N) is 2. The lowest BCUT2D eigenvalue weighted by molar-refractivity contribution is -0.127. The molecule has 13 heteroatoms. The molecule has 0 aromatic heterocycles. The zero-order valence-corrected chi connectivity index (χ0v) is 13.9. The summed E-state index contributed by atoms with van der Waals surface area (Å²) < 4.78 is 0. The van der Waals surface area contributed by atoms with Crippen LogP contribution in [0.2, 0.25) is 0 Å². The van der Waals surface area contributed by atoms with Gasteiger partial charge in [-0.3, -0.25) is 30.1 Å². The van der Waals surface area contributed by atoms with Gasteiger partial charge in [-0.1, -0.05) is 0 Å². The van der Waals surface area contributed by atoms with Crippen molar-refractivity contribution in [2.75, 3.05) is 19.6 Å². The van der Waals surface area contributed by atoms with Crippen molar-refractivity contribution in [2.24, 2.45) is 33.2 Å². The molecule has 0 aliphatic carbocycles. The van der Waals surface area contributed by atoms with E-state index in [4.69, 9.17) is 23.2 Å². The van der Waals surface area contributed by atoms with Crippen LogP contribution in [0.15, 0.2) is 10.1 Å². The zero-order valence-electron chi connectivity index (χ0n) is 13.9. The number of carbonyl (C=O) groups excluding carboxylic acids is 3. The molecule has 0 aliphatic rings. The summed E-state index contributed by atoms with van der Waals surface area (Å²) in [5.41, 5.74) is 12.4. The first-order valence-electron chi connectivity index (χ1n) is 7.52. The summed E-state index contributed by atoms with van der Waals surface area (Å²) in [5, 5.41) is 10.5. The number of nitrogens with two attached hydrogens (primary N) is 4. The maximum absolute atomic E-state index is 11.6. The highest BCUT2D eigenvalue weighted by atomic mass is 16.2. The highest BCUT2D eigenvalue weighted by molar-refractivity contribution is 5.97. The molecule has 3 amide bonds. The van der Waals surface area contributed by atoms with Gasteiger partial charge in [-0.2, -0.15) is 0 Å². The molecule has 0 aromatic rings. The van der Waals surface area contributed by atoms with E-state index in [1.807, 2.05) is 0 Å². The molecule has 0 bridgehead atoms. The molecule has 0 unspecified atom stereocenters. The molecule has 0 fully saturated rings. The third-order valence-corrected chi connectivity index (χ3v) is 2.75. The van der Waals surface area contributed by atoms with E-state index in [0.717, 1.165) is 6.42 Å². The van der Waals surface area contributed by atoms with Gasteiger partial charge in [-0.25, -0.2) is 5.84 Å². The summed E-state index contributed by atoms with van der Waals surface area (Å²) in [5.74, 6) is 8.62. The molecule has 0 atom stereocenters. The Hall–Kier alpha value is -3.09. The van der Waals surface area contributed by atoms with Crippen LogP contribution in [-0.2, 0) is 14.4 Å². The Bertz CT molecular complexity index is 501. The summed E-state index contributed by atoms with van der Waals surface area (Å²) >= 11 is 0. The monoisotopic (exact) mass is 358 g/mol. The lowest BCUT2D eigenvalue weighted by atomic mass is 10.3. The van der Waals surface area contributed by atoms with E-state index in [1.165, 1.54) is 0 Å². The van der Waals surface area contributed by atoms with Crippen LogP contribution in [0.1, 0.15) is 25.7 Å². The van der Waals surface area contributed by atoms with Crippen molar-refractivity contribution in [2.45, 2.75) is 25.7 Å². The minimum Gasteiger partial charge on any atom is -0.370 e. The molecule has 0 spiro atoms. The van der Waals surface area contributed by atoms with Gasteiger partial charge >= 0.3 is 0 Å². The van der Waals surface area contributed by atoms with Gasteiger partial charge in [-0.15, -0.1) is 5.10 Å². The van der Waals surface area contributed by atoms with E-state index in [2.05, 4.69) is 31.5 Å². The van der Waals surface area contributed by atoms with Gasteiger partial charge in [0.1, 0.15) is 0 Å². The minimum absolute atomic E-state index is 0.0336. The highest BCUT2D eigenvalue weighted by Gasteiger charge is 2.09. The Labute approximate surface area is 145 Å². The predicted molar refractivity (Wildman–Crippen MR) is 92.3 cm³/mol. The number of unbranched alkanes of at least 4 members (excludes halogenated alkanes) is 1. The normalized spacial score (nSPS) is 10.5. The summed E-state index contributed by atoms with van der Waals surface area (Å²) in [4.78, 5) is 38.3. The maximum Gasteiger partial charge on any atom is 0.239 e. The Morgan fingerprint density at radius 3 is 2.20 bits per heavy atom. The van der Waals surface area contributed by atoms with Gasteiger partial charge in [0.25, 0.3) is 0 Å². The largest absolute Gasteiger partial charge is 0.370 e. The lowest BCUT2D eigenvalue weighted by Gasteiger charge is -2.08. The second-order valence-electron chi connectivity index (χ2n) is 4.81. The summed E-state index contributed by atoms with van der Waals surface area (Å²) in [6.07, 6.45) is 1.22. The quantitative estimate of drug-likeness (QED) is 0.0626. The SMILES string of the molecule is N/N=C(\NN)NC(=O)CCC(=O)NCC(=O)NCCCCN=C(N)N. The number of hydrogen-bond donors (Lipinski definition) is 8. The third kappa shape index (κ3) is 13.1. The molecule has 0 aromatic carbocycles. The Morgan fingerprint density at radius 1 is 0.920 bits per heavy atom. The van der Waals surface area contributed by atoms with Crippen molar-refractivity contribution in [3.05, 3.63) is 0 Å². The van der Waals surface area contributed by atoms with Gasteiger partial charge in [0.15, 0.2) is 5.96 Å².